The summed E-state index contributed by atoms with van der Waals surface area (Å²) in [5, 5.41) is 13.3. The lowest BCUT2D eigenvalue weighted by Crippen LogP contribution is -2.42. The Bertz CT molecular complexity index is 746. The summed E-state index contributed by atoms with van der Waals surface area (Å²) in [6.07, 6.45) is 3.08. The highest BCUT2D eigenvalue weighted by molar-refractivity contribution is 6.42. The maximum Gasteiger partial charge on any atom is 0.237 e. The van der Waals surface area contributed by atoms with Crippen LogP contribution in [-0.4, -0.2) is 41.0 Å². The van der Waals surface area contributed by atoms with E-state index in [1.165, 1.54) is 0 Å². The normalized spacial score (nSPS) is 31.3. The number of rotatable bonds is 1. The fourth-order valence-electron chi connectivity index (χ4n) is 4.39. The zero-order valence-corrected chi connectivity index (χ0v) is 15.2. The Labute approximate surface area is 156 Å². The minimum Gasteiger partial charge on any atom is -0.393 e. The molecule has 3 aliphatic rings. The van der Waals surface area contributed by atoms with Crippen molar-refractivity contribution in [2.75, 3.05) is 18.4 Å². The third-order valence-corrected chi connectivity index (χ3v) is 6.61. The summed E-state index contributed by atoms with van der Waals surface area (Å²) < 4.78 is 0. The Hall–Kier alpha value is -1.30. The molecule has 0 unspecified atom stereocenters. The Morgan fingerprint density at radius 1 is 1.20 bits per heavy atom. The number of anilines is 1. The van der Waals surface area contributed by atoms with Crippen molar-refractivity contribution in [2.24, 2.45) is 5.92 Å². The molecule has 25 heavy (non-hydrogen) atoms. The van der Waals surface area contributed by atoms with Crippen LogP contribution in [0.1, 0.15) is 37.7 Å². The third kappa shape index (κ3) is 2.73. The average molecular weight is 383 g/mol. The molecule has 1 aromatic carbocycles. The summed E-state index contributed by atoms with van der Waals surface area (Å²) in [4.78, 5) is 27.4. The molecule has 7 heteroatoms. The molecule has 134 valence electrons. The highest BCUT2D eigenvalue weighted by Crippen LogP contribution is 2.47. The van der Waals surface area contributed by atoms with Gasteiger partial charge in [0.15, 0.2) is 0 Å². The Morgan fingerprint density at radius 2 is 1.88 bits per heavy atom. The number of carbonyl (C=O) groups is 2. The molecule has 2 heterocycles. The fraction of sp³-hybridized carbons (Fsp3) is 0.556. The lowest BCUT2D eigenvalue weighted by molar-refractivity contribution is -0.136. The number of hydrogen-bond acceptors (Lipinski definition) is 3. The monoisotopic (exact) mass is 382 g/mol. The van der Waals surface area contributed by atoms with Crippen LogP contribution in [0.4, 0.5) is 5.69 Å². The lowest BCUT2D eigenvalue weighted by Gasteiger charge is -2.29. The van der Waals surface area contributed by atoms with E-state index in [1.807, 2.05) is 0 Å². The molecule has 0 aromatic heterocycles. The van der Waals surface area contributed by atoms with Crippen molar-refractivity contribution < 1.29 is 14.7 Å². The van der Waals surface area contributed by atoms with Crippen molar-refractivity contribution in [3.05, 3.63) is 27.7 Å². The second-order valence-electron chi connectivity index (χ2n) is 7.36. The third-order valence-electron chi connectivity index (χ3n) is 5.89. The van der Waals surface area contributed by atoms with Gasteiger partial charge in [-0.15, -0.1) is 0 Å². The fourth-order valence-corrected chi connectivity index (χ4v) is 4.72. The second kappa shape index (κ2) is 6.15. The summed E-state index contributed by atoms with van der Waals surface area (Å²) in [5.41, 5.74) is 0.795. The molecule has 0 radical (unpaired) electrons. The van der Waals surface area contributed by atoms with Gasteiger partial charge in [-0.1, -0.05) is 23.2 Å². The van der Waals surface area contributed by atoms with Crippen LogP contribution in [0.5, 0.6) is 0 Å². The van der Waals surface area contributed by atoms with Crippen molar-refractivity contribution in [3.8, 4) is 0 Å². The Balaban J connectivity index is 1.57. The molecule has 2 aliphatic heterocycles. The Morgan fingerprint density at radius 3 is 2.60 bits per heavy atom. The number of halogens is 2. The first-order chi connectivity index (χ1) is 11.9. The number of amides is 2. The van der Waals surface area contributed by atoms with Gasteiger partial charge in [0.1, 0.15) is 0 Å². The number of benzene rings is 1. The number of nitrogens with zero attached hydrogens (tertiary/aromatic N) is 1. The van der Waals surface area contributed by atoms with E-state index < -0.39 is 5.41 Å². The molecule has 1 saturated carbocycles. The van der Waals surface area contributed by atoms with Gasteiger partial charge in [0.05, 0.1) is 21.6 Å². The largest absolute Gasteiger partial charge is 0.393 e. The van der Waals surface area contributed by atoms with Crippen LogP contribution in [0.25, 0.3) is 0 Å². The maximum atomic E-state index is 12.9. The summed E-state index contributed by atoms with van der Waals surface area (Å²) in [7, 11) is 0. The number of nitrogens with one attached hydrogen (secondary N) is 1. The summed E-state index contributed by atoms with van der Waals surface area (Å²) in [6, 6.07) is 3.43. The molecular weight excluding hydrogens is 363 g/mol. The van der Waals surface area contributed by atoms with E-state index >= 15 is 0 Å². The zero-order valence-electron chi connectivity index (χ0n) is 13.7. The number of carbonyl (C=O) groups excluding carboxylic acids is 2. The number of aliphatic hydroxyl groups excluding tert-OH is 1. The Kier molecular flexibility index (Phi) is 4.21. The summed E-state index contributed by atoms with van der Waals surface area (Å²) in [6.45, 7) is 0.937. The van der Waals surface area contributed by atoms with E-state index in [0.717, 1.165) is 5.56 Å². The van der Waals surface area contributed by atoms with Gasteiger partial charge in [-0.2, -0.15) is 0 Å². The van der Waals surface area contributed by atoms with E-state index in [2.05, 4.69) is 5.32 Å². The topological polar surface area (TPSA) is 69.6 Å². The molecule has 1 aliphatic carbocycles. The van der Waals surface area contributed by atoms with Crippen molar-refractivity contribution in [2.45, 2.75) is 43.6 Å². The quantitative estimate of drug-likeness (QED) is 0.784. The van der Waals surface area contributed by atoms with Crippen molar-refractivity contribution in [3.63, 3.8) is 0 Å². The van der Waals surface area contributed by atoms with Crippen molar-refractivity contribution >= 4 is 40.7 Å². The van der Waals surface area contributed by atoms with Crippen molar-refractivity contribution in [1.82, 2.24) is 4.90 Å². The number of hydrogen-bond donors (Lipinski definition) is 2. The zero-order chi connectivity index (χ0) is 17.8. The standard InChI is InChI=1S/C18H20Cl2N2O3/c19-13-7-12-15(8-14(13)20)21-17(25)18(12)5-6-22(9-18)16(24)10-1-3-11(23)4-2-10/h7-8,10-11,23H,1-6,9H2,(H,21,25)/t10?,11?,18-/m1/s1. The molecule has 5 nitrogen and oxygen atoms in total. The minimum atomic E-state index is -0.729. The van der Waals surface area contributed by atoms with E-state index in [-0.39, 0.29) is 23.8 Å². The van der Waals surface area contributed by atoms with E-state index in [0.29, 0.717) is 60.9 Å². The highest BCUT2D eigenvalue weighted by atomic mass is 35.5. The van der Waals surface area contributed by atoms with Gasteiger partial charge in [0.2, 0.25) is 11.8 Å². The van der Waals surface area contributed by atoms with Crippen LogP contribution in [0.15, 0.2) is 12.1 Å². The van der Waals surface area contributed by atoms with Gasteiger partial charge < -0.3 is 15.3 Å². The van der Waals surface area contributed by atoms with Gasteiger partial charge >= 0.3 is 0 Å². The minimum absolute atomic E-state index is 0.0451. The number of likely N-dealkylation sites (tertiary alicyclic amines) is 1. The van der Waals surface area contributed by atoms with E-state index in [4.69, 9.17) is 23.2 Å². The molecular formula is C18H20Cl2N2O3. The lowest BCUT2D eigenvalue weighted by atomic mass is 9.81. The molecule has 1 aromatic rings. The SMILES string of the molecule is O=C(C1CCC(O)CC1)N1CC[C@]2(C1)C(=O)Nc1cc(Cl)c(Cl)cc12. The average Bonchev–Trinajstić information content (AvgIpc) is 3.13. The smallest absolute Gasteiger partial charge is 0.237 e. The van der Waals surface area contributed by atoms with Crippen LogP contribution in [0.2, 0.25) is 10.0 Å². The first-order valence-electron chi connectivity index (χ1n) is 8.68. The molecule has 4 rings (SSSR count). The van der Waals surface area contributed by atoms with Crippen LogP contribution >= 0.6 is 23.2 Å². The van der Waals surface area contributed by atoms with Gasteiger partial charge in [-0.25, -0.2) is 0 Å². The van der Waals surface area contributed by atoms with Crippen LogP contribution < -0.4 is 5.32 Å². The molecule has 1 saturated heterocycles. The number of aliphatic hydroxyl groups is 1. The van der Waals surface area contributed by atoms with E-state index in [9.17, 15) is 14.7 Å². The van der Waals surface area contributed by atoms with Crippen LogP contribution in [0, 0.1) is 5.92 Å². The molecule has 1 atom stereocenters. The molecule has 2 amide bonds. The second-order valence-corrected chi connectivity index (χ2v) is 8.18. The van der Waals surface area contributed by atoms with Gasteiger partial charge in [0.25, 0.3) is 0 Å². The van der Waals surface area contributed by atoms with Gasteiger partial charge in [-0.05, 0) is 49.8 Å². The molecule has 0 bridgehead atoms. The predicted octanol–water partition coefficient (Wildman–Crippen LogP) is 2.97. The van der Waals surface area contributed by atoms with Crippen LogP contribution in [-0.2, 0) is 15.0 Å². The number of fused-ring (bicyclic) bond motifs is 2. The molecule has 2 fully saturated rings. The van der Waals surface area contributed by atoms with E-state index in [1.54, 1.807) is 17.0 Å². The van der Waals surface area contributed by atoms with Gasteiger partial charge in [0, 0.05) is 24.7 Å². The first kappa shape index (κ1) is 17.1. The van der Waals surface area contributed by atoms with Crippen molar-refractivity contribution in [1.29, 1.82) is 0 Å². The molecule has 2 N–H and O–H groups in total. The van der Waals surface area contributed by atoms with Gasteiger partial charge in [-0.3, -0.25) is 9.59 Å². The summed E-state index contributed by atoms with van der Waals surface area (Å²) >= 11 is 12.2. The highest BCUT2D eigenvalue weighted by Gasteiger charge is 2.52. The maximum absolute atomic E-state index is 12.9. The predicted molar refractivity (Wildman–Crippen MR) is 95.9 cm³/mol. The van der Waals surface area contributed by atoms with Crippen LogP contribution in [0.3, 0.4) is 0 Å². The first-order valence-corrected chi connectivity index (χ1v) is 9.44. The summed E-state index contributed by atoms with van der Waals surface area (Å²) in [5.74, 6) is -0.0309. The molecule has 1 spiro atoms.